The van der Waals surface area contributed by atoms with E-state index in [1.807, 2.05) is 0 Å². The second-order valence-electron chi connectivity index (χ2n) is 11.3. The van der Waals surface area contributed by atoms with E-state index < -0.39 is 0 Å². The molecule has 0 bridgehead atoms. The zero-order valence-corrected chi connectivity index (χ0v) is 23.6. The summed E-state index contributed by atoms with van der Waals surface area (Å²) in [5, 5.41) is 8.06. The van der Waals surface area contributed by atoms with Crippen molar-refractivity contribution in [1.29, 1.82) is 0 Å². The fraction of sp³-hybridized carbons (Fsp3) is 0.353. The zero-order valence-electron chi connectivity index (χ0n) is 23.6. The number of carbonyl (C=O) groups excluding carboxylic acids is 1. The quantitative estimate of drug-likeness (QED) is 0.107. The molecule has 1 aromatic heterocycles. The van der Waals surface area contributed by atoms with Crippen LogP contribution in [-0.2, 0) is 11.3 Å². The topological polar surface area (TPSA) is 46.9 Å². The molecule has 5 heteroatoms. The van der Waals surface area contributed by atoms with E-state index in [0.717, 1.165) is 62.2 Å². The molecule has 4 aromatic carbocycles. The predicted octanol–water partition coefficient (Wildman–Crippen LogP) is 7.17. The number of benzene rings is 4. The van der Waals surface area contributed by atoms with E-state index in [-0.39, 0.29) is 5.91 Å². The molecule has 0 saturated heterocycles. The number of imidazole rings is 1. The summed E-state index contributed by atoms with van der Waals surface area (Å²) in [5.74, 6) is 1.17. The Bertz CT molecular complexity index is 1570. The molecule has 1 N–H and O–H groups in total. The molecule has 0 aliphatic rings. The van der Waals surface area contributed by atoms with Gasteiger partial charge in [0.25, 0.3) is 5.91 Å². The van der Waals surface area contributed by atoms with Crippen LogP contribution in [0.4, 0.5) is 0 Å². The van der Waals surface area contributed by atoms with Crippen LogP contribution in [0.15, 0.2) is 78.9 Å². The highest BCUT2D eigenvalue weighted by Gasteiger charge is 2.21. The smallest absolute Gasteiger partial charge is 0.275 e. The molecule has 5 nitrogen and oxygen atoms in total. The van der Waals surface area contributed by atoms with E-state index in [4.69, 9.17) is 4.98 Å². The summed E-state index contributed by atoms with van der Waals surface area (Å²) < 4.78 is 3.13. The van der Waals surface area contributed by atoms with E-state index in [1.165, 1.54) is 33.5 Å². The maximum absolute atomic E-state index is 12.5. The molecule has 0 spiro atoms. The molecule has 39 heavy (non-hydrogen) atoms. The van der Waals surface area contributed by atoms with Gasteiger partial charge in [-0.15, -0.1) is 0 Å². The minimum atomic E-state index is 0.154. The molecule has 0 saturated carbocycles. The Morgan fingerprint density at radius 3 is 2.15 bits per heavy atom. The van der Waals surface area contributed by atoms with Crippen LogP contribution in [0.25, 0.3) is 44.0 Å². The minimum Gasteiger partial charge on any atom is -0.351 e. The molecule has 5 aromatic rings. The molecule has 0 fully saturated rings. The minimum absolute atomic E-state index is 0.154. The fourth-order valence-electron chi connectivity index (χ4n) is 5.72. The average Bonchev–Trinajstić information content (AvgIpc) is 3.34. The van der Waals surface area contributed by atoms with Gasteiger partial charge in [0.05, 0.1) is 31.7 Å². The number of fused-ring (bicyclic) bond motifs is 6. The van der Waals surface area contributed by atoms with Gasteiger partial charge in [0, 0.05) is 29.4 Å². The number of unbranched alkanes of at least 4 members (excludes halogenated alkanes) is 3. The standard InChI is InChI=1S/C34H40N4O/c1-4-5-13-22-35-31(39)25-38(2,3)24-15-14-23-37-33-30-21-12-10-19-28(30)27-18-9-11-20-29(27)32(33)36-34(37)26-16-7-6-8-17-26/h6-12,16-21H,4-5,13-15,22-25H2,1-3H3/p+1. The van der Waals surface area contributed by atoms with Crippen molar-refractivity contribution >= 4 is 38.5 Å². The second-order valence-corrected chi connectivity index (χ2v) is 11.3. The number of rotatable bonds is 12. The van der Waals surface area contributed by atoms with Gasteiger partial charge in [-0.25, -0.2) is 4.98 Å². The number of aromatic nitrogens is 2. The van der Waals surface area contributed by atoms with Crippen LogP contribution in [-0.4, -0.2) is 53.7 Å². The number of aryl methyl sites for hydroxylation is 1. The number of likely N-dealkylation sites (N-methyl/N-ethyl adjacent to an activating group) is 1. The van der Waals surface area contributed by atoms with Gasteiger partial charge in [0.1, 0.15) is 5.82 Å². The molecule has 0 aliphatic heterocycles. The lowest BCUT2D eigenvalue weighted by Gasteiger charge is -2.29. The van der Waals surface area contributed by atoms with Gasteiger partial charge in [-0.2, -0.15) is 0 Å². The Morgan fingerprint density at radius 2 is 1.44 bits per heavy atom. The Kier molecular flexibility index (Phi) is 8.27. The van der Waals surface area contributed by atoms with Crippen molar-refractivity contribution in [3.63, 3.8) is 0 Å². The van der Waals surface area contributed by atoms with Gasteiger partial charge >= 0.3 is 0 Å². The van der Waals surface area contributed by atoms with E-state index in [1.54, 1.807) is 0 Å². The third-order valence-corrected chi connectivity index (χ3v) is 7.72. The fourth-order valence-corrected chi connectivity index (χ4v) is 5.72. The van der Waals surface area contributed by atoms with E-state index in [2.05, 4.69) is 110 Å². The van der Waals surface area contributed by atoms with Crippen LogP contribution < -0.4 is 5.32 Å². The Hall–Kier alpha value is -3.70. The molecular formula is C34H41N4O+. The molecule has 0 aliphatic carbocycles. The van der Waals surface area contributed by atoms with Crippen LogP contribution >= 0.6 is 0 Å². The van der Waals surface area contributed by atoms with Gasteiger partial charge in [0.15, 0.2) is 6.54 Å². The average molecular weight is 522 g/mol. The van der Waals surface area contributed by atoms with Gasteiger partial charge in [-0.3, -0.25) is 4.79 Å². The highest BCUT2D eigenvalue weighted by molar-refractivity contribution is 6.23. The summed E-state index contributed by atoms with van der Waals surface area (Å²) in [6.45, 7) is 5.32. The first-order valence-corrected chi connectivity index (χ1v) is 14.4. The summed E-state index contributed by atoms with van der Waals surface area (Å²) >= 11 is 0. The molecule has 0 radical (unpaired) electrons. The first-order valence-electron chi connectivity index (χ1n) is 14.4. The maximum atomic E-state index is 12.5. The number of nitrogens with one attached hydrogen (secondary N) is 1. The van der Waals surface area contributed by atoms with E-state index in [9.17, 15) is 4.79 Å². The normalized spacial score (nSPS) is 12.0. The second kappa shape index (κ2) is 12.0. The Morgan fingerprint density at radius 1 is 0.795 bits per heavy atom. The highest BCUT2D eigenvalue weighted by atomic mass is 16.2. The van der Waals surface area contributed by atoms with Crippen molar-refractivity contribution in [1.82, 2.24) is 14.9 Å². The van der Waals surface area contributed by atoms with Crippen molar-refractivity contribution in [2.24, 2.45) is 0 Å². The molecule has 0 atom stereocenters. The summed E-state index contributed by atoms with van der Waals surface area (Å²) in [4.78, 5) is 17.8. The first-order chi connectivity index (χ1) is 19.0. The van der Waals surface area contributed by atoms with Crippen molar-refractivity contribution < 1.29 is 9.28 Å². The zero-order chi connectivity index (χ0) is 27.2. The van der Waals surface area contributed by atoms with Gasteiger partial charge < -0.3 is 14.4 Å². The van der Waals surface area contributed by atoms with Crippen molar-refractivity contribution in [3.05, 3.63) is 78.9 Å². The number of amides is 1. The molecule has 1 amide bonds. The van der Waals surface area contributed by atoms with E-state index in [0.29, 0.717) is 11.0 Å². The van der Waals surface area contributed by atoms with Crippen molar-refractivity contribution in [2.75, 3.05) is 33.7 Å². The maximum Gasteiger partial charge on any atom is 0.275 e. The van der Waals surface area contributed by atoms with Gasteiger partial charge in [-0.1, -0.05) is 98.6 Å². The van der Waals surface area contributed by atoms with Crippen LogP contribution in [0.2, 0.25) is 0 Å². The predicted molar refractivity (Wildman–Crippen MR) is 164 cm³/mol. The third-order valence-electron chi connectivity index (χ3n) is 7.72. The number of nitrogens with zero attached hydrogens (tertiary/aromatic N) is 3. The number of hydrogen-bond donors (Lipinski definition) is 1. The van der Waals surface area contributed by atoms with Crippen molar-refractivity contribution in [2.45, 2.75) is 45.6 Å². The van der Waals surface area contributed by atoms with Crippen LogP contribution in [0, 0.1) is 0 Å². The molecule has 202 valence electrons. The highest BCUT2D eigenvalue weighted by Crippen LogP contribution is 2.37. The summed E-state index contributed by atoms with van der Waals surface area (Å²) in [6, 6.07) is 27.9. The van der Waals surface area contributed by atoms with E-state index >= 15 is 0 Å². The molecule has 1 heterocycles. The SMILES string of the molecule is CCCCCNC(=O)C[N+](C)(C)CCCCn1c(-c2ccccc2)nc2c3ccccc3c3ccccc3c21. The van der Waals surface area contributed by atoms with Crippen LogP contribution in [0.1, 0.15) is 39.0 Å². The first kappa shape index (κ1) is 26.9. The number of hydrogen-bond acceptors (Lipinski definition) is 2. The molecular weight excluding hydrogens is 480 g/mol. The lowest BCUT2D eigenvalue weighted by atomic mass is 10.00. The van der Waals surface area contributed by atoms with Gasteiger partial charge in [0.2, 0.25) is 0 Å². The Labute approximate surface area is 232 Å². The third kappa shape index (κ3) is 5.99. The van der Waals surface area contributed by atoms with Crippen molar-refractivity contribution in [3.8, 4) is 11.4 Å². The number of quaternary nitrogens is 1. The lowest BCUT2D eigenvalue weighted by Crippen LogP contribution is -2.48. The summed E-state index contributed by atoms with van der Waals surface area (Å²) in [6.07, 6.45) is 5.45. The largest absolute Gasteiger partial charge is 0.351 e. The lowest BCUT2D eigenvalue weighted by molar-refractivity contribution is -0.882. The number of carbonyl (C=O) groups is 1. The van der Waals surface area contributed by atoms with Gasteiger partial charge in [-0.05, 0) is 30.0 Å². The summed E-state index contributed by atoms with van der Waals surface area (Å²) in [7, 11) is 4.32. The Balaban J connectivity index is 1.41. The molecule has 5 rings (SSSR count). The monoisotopic (exact) mass is 521 g/mol. The summed E-state index contributed by atoms with van der Waals surface area (Å²) in [5.41, 5.74) is 3.42. The molecule has 0 unspecified atom stereocenters. The van der Waals surface area contributed by atoms with Crippen LogP contribution in [0.3, 0.4) is 0 Å². The van der Waals surface area contributed by atoms with Crippen LogP contribution in [0.5, 0.6) is 0 Å².